The average Bonchev–Trinajstić information content (AvgIpc) is 3.41. The van der Waals surface area contributed by atoms with Gasteiger partial charge in [0.25, 0.3) is 6.43 Å². The van der Waals surface area contributed by atoms with Crippen LogP contribution in [0.3, 0.4) is 0 Å². The van der Waals surface area contributed by atoms with Gasteiger partial charge in [-0.2, -0.15) is 10.2 Å². The molecule has 11 heteroatoms. The maximum Gasteiger partial charge on any atom is 0.277 e. The van der Waals surface area contributed by atoms with Crippen molar-refractivity contribution < 1.29 is 21.6 Å². The lowest BCUT2D eigenvalue weighted by atomic mass is 10.1. The zero-order valence-electron chi connectivity index (χ0n) is 18.1. The van der Waals surface area contributed by atoms with Crippen molar-refractivity contribution in [2.75, 3.05) is 11.6 Å². The summed E-state index contributed by atoms with van der Waals surface area (Å²) in [4.78, 5) is 8.32. The van der Waals surface area contributed by atoms with Crippen molar-refractivity contribution in [1.82, 2.24) is 15.2 Å². The molecule has 0 bridgehead atoms. The van der Waals surface area contributed by atoms with Crippen molar-refractivity contribution in [2.45, 2.75) is 43.4 Å². The Morgan fingerprint density at radius 3 is 2.62 bits per heavy atom. The number of aliphatic imine (C=N–C) groups is 1. The molecule has 3 aromatic rings. The number of anilines is 2. The van der Waals surface area contributed by atoms with E-state index in [0.717, 1.165) is 48.9 Å². The summed E-state index contributed by atoms with van der Waals surface area (Å²) in [5.41, 5.74) is 4.05. The van der Waals surface area contributed by atoms with Crippen LogP contribution in [0.2, 0.25) is 0 Å². The first kappa shape index (κ1) is 22.5. The molecule has 34 heavy (non-hydrogen) atoms. The molecule has 1 aliphatic heterocycles. The molecule has 0 radical (unpaired) electrons. The summed E-state index contributed by atoms with van der Waals surface area (Å²) in [6.07, 6.45) is 1.30. The van der Waals surface area contributed by atoms with Gasteiger partial charge in [0, 0.05) is 24.8 Å². The zero-order valence-corrected chi connectivity index (χ0v) is 19.0. The van der Waals surface area contributed by atoms with Crippen molar-refractivity contribution in [3.8, 4) is 0 Å². The van der Waals surface area contributed by atoms with Gasteiger partial charge >= 0.3 is 0 Å². The number of sulfone groups is 1. The molecule has 7 nitrogen and oxygen atoms in total. The Hall–Kier alpha value is -3.34. The first-order chi connectivity index (χ1) is 16.2. The van der Waals surface area contributed by atoms with Crippen LogP contribution < -0.4 is 5.32 Å². The molecule has 2 aliphatic rings. The maximum atomic E-state index is 13.8. The number of nitrogens with zero attached hydrogens (tertiary/aromatic N) is 4. The van der Waals surface area contributed by atoms with Crippen LogP contribution in [-0.4, -0.2) is 42.0 Å². The van der Waals surface area contributed by atoms with E-state index in [0.29, 0.717) is 29.2 Å². The Labute approximate surface area is 194 Å². The number of alkyl halides is 2. The molecule has 0 fully saturated rings. The minimum atomic E-state index is -3.77. The fourth-order valence-corrected chi connectivity index (χ4v) is 5.11. The van der Waals surface area contributed by atoms with Crippen molar-refractivity contribution in [2.24, 2.45) is 4.99 Å². The number of halogens is 3. The molecule has 1 aliphatic carbocycles. The van der Waals surface area contributed by atoms with Crippen LogP contribution in [0.15, 0.2) is 40.2 Å². The van der Waals surface area contributed by atoms with Gasteiger partial charge in [-0.05, 0) is 55.2 Å². The summed E-state index contributed by atoms with van der Waals surface area (Å²) in [5.74, 6) is -0.709. The van der Waals surface area contributed by atoms with E-state index < -0.39 is 22.1 Å². The Morgan fingerprint density at radius 1 is 1.03 bits per heavy atom. The van der Waals surface area contributed by atoms with E-state index in [1.54, 1.807) is 6.07 Å². The monoisotopic (exact) mass is 487 g/mol. The van der Waals surface area contributed by atoms with Crippen LogP contribution >= 0.6 is 0 Å². The number of benzene rings is 1. The maximum absolute atomic E-state index is 13.8. The third kappa shape index (κ3) is 4.39. The van der Waals surface area contributed by atoms with E-state index in [9.17, 15) is 21.6 Å². The molecule has 0 unspecified atom stereocenters. The van der Waals surface area contributed by atoms with Crippen molar-refractivity contribution in [1.29, 1.82) is 0 Å². The van der Waals surface area contributed by atoms with E-state index in [1.807, 2.05) is 6.07 Å². The second-order valence-corrected chi connectivity index (χ2v) is 10.4. The van der Waals surface area contributed by atoms with Gasteiger partial charge in [0.15, 0.2) is 9.84 Å². The highest BCUT2D eigenvalue weighted by Crippen LogP contribution is 2.38. The topological polar surface area (TPSA) is 97.2 Å². The van der Waals surface area contributed by atoms with E-state index >= 15 is 0 Å². The second kappa shape index (κ2) is 8.46. The lowest BCUT2D eigenvalue weighted by molar-refractivity contribution is 0.224. The summed E-state index contributed by atoms with van der Waals surface area (Å²) in [7, 11) is -3.77. The van der Waals surface area contributed by atoms with E-state index in [4.69, 9.17) is 0 Å². The van der Waals surface area contributed by atoms with Crippen LogP contribution in [-0.2, 0) is 35.5 Å². The number of pyridine rings is 1. The highest BCUT2D eigenvalue weighted by Gasteiger charge is 2.27. The number of aromatic nitrogens is 3. The van der Waals surface area contributed by atoms with Gasteiger partial charge in [-0.25, -0.2) is 26.6 Å². The molecule has 2 aromatic heterocycles. The molecule has 3 heterocycles. The standard InChI is InChI=1S/C23H20F3N5O2S/c1-34(32,33)21-8-13(24)5-6-17(21)28-18-10-14(27-19-11-20(23(25)26)29-22(18)19)9-15-7-12-3-2-4-16(12)31-30-15/h5-8,10,23H,2-4,9,11H2,1H3,(H,27,28). The third-order valence-electron chi connectivity index (χ3n) is 5.82. The molecule has 5 rings (SSSR count). The second-order valence-electron chi connectivity index (χ2n) is 8.41. The van der Waals surface area contributed by atoms with Crippen LogP contribution in [0, 0.1) is 5.82 Å². The molecule has 0 amide bonds. The molecular weight excluding hydrogens is 467 g/mol. The molecule has 0 saturated carbocycles. The first-order valence-corrected chi connectivity index (χ1v) is 12.6. The van der Waals surface area contributed by atoms with Gasteiger partial charge in [0.2, 0.25) is 0 Å². The van der Waals surface area contributed by atoms with Crippen LogP contribution in [0.5, 0.6) is 0 Å². The number of hydrogen-bond acceptors (Lipinski definition) is 7. The number of fused-ring (bicyclic) bond motifs is 2. The van der Waals surface area contributed by atoms with Crippen LogP contribution in [0.1, 0.15) is 34.8 Å². The smallest absolute Gasteiger partial charge is 0.277 e. The largest absolute Gasteiger partial charge is 0.353 e. The summed E-state index contributed by atoms with van der Waals surface area (Å²) in [5, 5.41) is 11.5. The van der Waals surface area contributed by atoms with Crippen molar-refractivity contribution in [3.05, 3.63) is 64.5 Å². The predicted octanol–water partition coefficient (Wildman–Crippen LogP) is 4.13. The lowest BCUT2D eigenvalue weighted by Crippen LogP contribution is -2.10. The average molecular weight is 488 g/mol. The third-order valence-corrected chi connectivity index (χ3v) is 6.96. The minimum absolute atomic E-state index is 0.112. The SMILES string of the molecule is CS(=O)(=O)c1cc(F)ccc1Nc1cc(Cc2cc3c(nn2)CCC3)nc2c1N=C(C(F)F)C2. The van der Waals surface area contributed by atoms with Crippen LogP contribution in [0.4, 0.5) is 30.2 Å². The van der Waals surface area contributed by atoms with E-state index in [1.165, 1.54) is 6.07 Å². The quantitative estimate of drug-likeness (QED) is 0.562. The predicted molar refractivity (Wildman–Crippen MR) is 121 cm³/mol. The molecule has 0 atom stereocenters. The minimum Gasteiger partial charge on any atom is -0.353 e. The van der Waals surface area contributed by atoms with Crippen molar-refractivity contribution in [3.63, 3.8) is 0 Å². The molecule has 176 valence electrons. The summed E-state index contributed by atoms with van der Waals surface area (Å²) in [6.45, 7) is 0. The van der Waals surface area contributed by atoms with Crippen molar-refractivity contribution >= 4 is 32.6 Å². The molecule has 0 saturated heterocycles. The Morgan fingerprint density at radius 2 is 1.85 bits per heavy atom. The summed E-state index contributed by atoms with van der Waals surface area (Å²) < 4.78 is 64.9. The van der Waals surface area contributed by atoms with Gasteiger partial charge in [0.05, 0.1) is 39.1 Å². The Bertz CT molecular complexity index is 1440. The zero-order chi connectivity index (χ0) is 24.0. The van der Waals surface area contributed by atoms with Gasteiger partial charge in [-0.1, -0.05) is 0 Å². The molecule has 0 spiro atoms. The van der Waals surface area contributed by atoms with Gasteiger partial charge in [-0.15, -0.1) is 0 Å². The number of nitrogens with one attached hydrogen (secondary N) is 1. The Kier molecular flexibility index (Phi) is 5.59. The fourth-order valence-electron chi connectivity index (χ4n) is 4.26. The normalized spacial score (nSPS) is 14.8. The van der Waals surface area contributed by atoms with E-state index in [2.05, 4.69) is 25.5 Å². The summed E-state index contributed by atoms with van der Waals surface area (Å²) in [6, 6.07) is 6.93. The Balaban J connectivity index is 1.56. The number of aryl methyl sites for hydroxylation is 2. The highest BCUT2D eigenvalue weighted by molar-refractivity contribution is 7.90. The molecule has 1 N–H and O–H groups in total. The van der Waals surface area contributed by atoms with Gasteiger partial charge in [0.1, 0.15) is 11.5 Å². The number of rotatable bonds is 6. The number of hydrogen-bond donors (Lipinski definition) is 1. The fraction of sp³-hybridized carbons (Fsp3) is 0.304. The molecular formula is C23H20F3N5O2S. The van der Waals surface area contributed by atoms with E-state index in [-0.39, 0.29) is 28.4 Å². The van der Waals surface area contributed by atoms with Crippen LogP contribution in [0.25, 0.3) is 0 Å². The molecule has 1 aromatic carbocycles. The summed E-state index contributed by atoms with van der Waals surface area (Å²) >= 11 is 0. The van der Waals surface area contributed by atoms with Gasteiger partial charge in [-0.3, -0.25) is 4.98 Å². The lowest BCUT2D eigenvalue weighted by Gasteiger charge is -2.15. The first-order valence-electron chi connectivity index (χ1n) is 10.7. The highest BCUT2D eigenvalue weighted by atomic mass is 32.2. The van der Waals surface area contributed by atoms with Gasteiger partial charge < -0.3 is 5.32 Å².